The molecule has 38 heavy (non-hydrogen) atoms. The fourth-order valence-electron chi connectivity index (χ4n) is 9.91. The summed E-state index contributed by atoms with van der Waals surface area (Å²) in [4.78, 5) is 11.8. The molecule has 0 aromatic heterocycles. The van der Waals surface area contributed by atoms with Crippen molar-refractivity contribution in [3.63, 3.8) is 0 Å². The summed E-state index contributed by atoms with van der Waals surface area (Å²) < 4.78 is 17.1. The van der Waals surface area contributed by atoms with Crippen LogP contribution in [0.2, 0.25) is 0 Å². The maximum atomic E-state index is 12.4. The van der Waals surface area contributed by atoms with Gasteiger partial charge in [0, 0.05) is 18.1 Å². The Balaban J connectivity index is 1.19. The molecule has 9 nitrogen and oxygen atoms in total. The Morgan fingerprint density at radius 1 is 1.00 bits per heavy atom. The molecule has 0 bridgehead atoms. The minimum Gasteiger partial charge on any atom is -0.458 e. The van der Waals surface area contributed by atoms with Gasteiger partial charge in [-0.1, -0.05) is 6.92 Å². The molecular weight excluding hydrogens is 492 g/mol. The van der Waals surface area contributed by atoms with E-state index >= 15 is 0 Å². The normalized spacial score (nSPS) is 54.5. The molecule has 214 valence electrons. The van der Waals surface area contributed by atoms with E-state index in [0.29, 0.717) is 19.4 Å². The molecule has 2 aliphatic heterocycles. The van der Waals surface area contributed by atoms with E-state index in [1.54, 1.807) is 13.0 Å². The summed E-state index contributed by atoms with van der Waals surface area (Å²) in [7, 11) is 0. The molecule has 5 N–H and O–H groups in total. The third-order valence-electron chi connectivity index (χ3n) is 12.1. The Labute approximate surface area is 224 Å². The Morgan fingerprint density at radius 3 is 2.50 bits per heavy atom. The lowest BCUT2D eigenvalue weighted by atomic mass is 9.43. The van der Waals surface area contributed by atoms with Gasteiger partial charge in [-0.3, -0.25) is 0 Å². The van der Waals surface area contributed by atoms with Crippen molar-refractivity contribution < 1.29 is 44.5 Å². The fourth-order valence-corrected chi connectivity index (χ4v) is 9.91. The Hall–Kier alpha value is -1.07. The lowest BCUT2D eigenvalue weighted by Crippen LogP contribution is -2.64. The summed E-state index contributed by atoms with van der Waals surface area (Å²) in [6.45, 7) is 4.27. The molecule has 4 aliphatic carbocycles. The van der Waals surface area contributed by atoms with Crippen LogP contribution in [0.3, 0.4) is 0 Å². The second kappa shape index (κ2) is 9.50. The second-order valence-corrected chi connectivity index (χ2v) is 13.4. The van der Waals surface area contributed by atoms with Crippen molar-refractivity contribution in [3.05, 3.63) is 11.6 Å². The van der Waals surface area contributed by atoms with Gasteiger partial charge in [-0.05, 0) is 99.4 Å². The van der Waals surface area contributed by atoms with Crippen LogP contribution in [0.25, 0.3) is 0 Å². The van der Waals surface area contributed by atoms with Crippen molar-refractivity contribution in [2.45, 2.75) is 114 Å². The number of esters is 1. The number of cyclic esters (lactones) is 1. The highest BCUT2D eigenvalue weighted by Crippen LogP contribution is 2.70. The number of fused-ring (bicyclic) bond motifs is 5. The molecule has 1 saturated heterocycles. The number of hydrogen-bond acceptors (Lipinski definition) is 9. The minimum atomic E-state index is -1.32. The van der Waals surface area contributed by atoms with Gasteiger partial charge in [0.15, 0.2) is 6.29 Å². The molecule has 0 aromatic rings. The first kappa shape index (κ1) is 27.1. The summed E-state index contributed by atoms with van der Waals surface area (Å²) in [5.41, 5.74) is -0.401. The number of aliphatic hydroxyl groups excluding tert-OH is 4. The zero-order chi connectivity index (χ0) is 27.0. The SMILES string of the molecule is C[C@@H]1O[C@@H](O[C@H]2CC[C@@]3(CO)[C@H](CC[C@@H]4[C@@H]3CC[C@]3(C)[C@@H](C5=CC(=O)OC5)CC[C@]43O)C2)[C@@H](O)[C@@H](O)[C@H]1O. The predicted molar refractivity (Wildman–Crippen MR) is 134 cm³/mol. The second-order valence-electron chi connectivity index (χ2n) is 13.4. The predicted octanol–water partition coefficient (Wildman–Crippen LogP) is 1.43. The van der Waals surface area contributed by atoms with E-state index < -0.39 is 36.3 Å². The average molecular weight is 537 g/mol. The molecule has 0 amide bonds. The summed E-state index contributed by atoms with van der Waals surface area (Å²) in [6.07, 6.45) is 3.35. The smallest absolute Gasteiger partial charge is 0.331 e. The van der Waals surface area contributed by atoms with Gasteiger partial charge in [0.1, 0.15) is 24.9 Å². The van der Waals surface area contributed by atoms with Gasteiger partial charge in [0.05, 0.1) is 17.8 Å². The van der Waals surface area contributed by atoms with Gasteiger partial charge >= 0.3 is 5.97 Å². The summed E-state index contributed by atoms with van der Waals surface area (Å²) in [5.74, 6) is 0.414. The van der Waals surface area contributed by atoms with E-state index in [1.807, 2.05) is 0 Å². The van der Waals surface area contributed by atoms with Gasteiger partial charge in [-0.15, -0.1) is 0 Å². The zero-order valence-corrected chi connectivity index (χ0v) is 22.5. The van der Waals surface area contributed by atoms with Crippen molar-refractivity contribution in [2.75, 3.05) is 13.2 Å². The molecule has 6 aliphatic rings. The molecule has 13 atom stereocenters. The number of aliphatic hydroxyl groups is 5. The van der Waals surface area contributed by atoms with Crippen molar-refractivity contribution in [1.29, 1.82) is 0 Å². The van der Waals surface area contributed by atoms with E-state index in [0.717, 1.165) is 50.5 Å². The van der Waals surface area contributed by atoms with Crippen LogP contribution in [0.15, 0.2) is 11.6 Å². The third-order valence-corrected chi connectivity index (χ3v) is 12.1. The molecule has 4 saturated carbocycles. The monoisotopic (exact) mass is 536 g/mol. The number of rotatable bonds is 4. The number of carbonyl (C=O) groups excluding carboxylic acids is 1. The zero-order valence-electron chi connectivity index (χ0n) is 22.5. The van der Waals surface area contributed by atoms with Gasteiger partial charge < -0.3 is 39.7 Å². The van der Waals surface area contributed by atoms with E-state index in [2.05, 4.69) is 6.92 Å². The molecule has 0 unspecified atom stereocenters. The van der Waals surface area contributed by atoms with E-state index in [-0.39, 0.29) is 53.2 Å². The molecule has 6 rings (SSSR count). The lowest BCUT2D eigenvalue weighted by molar-refractivity contribution is -0.311. The molecule has 5 fully saturated rings. The standard InChI is InChI=1S/C29H44O9/c1-15-23(32)24(33)25(34)26(37-15)38-18-5-9-28(14-30)17(12-18)3-4-21-20(28)6-8-27(2)19(7-10-29(21,27)35)16-11-22(31)36-13-16/h11,15,17-21,23-26,30,32-35H,3-10,12-14H2,1-2H3/t15-,17+,18-,19+,20-,21+,23-,24-,25-,26-,27+,28+,29-/m0/s1. The van der Waals surface area contributed by atoms with E-state index in [1.165, 1.54) is 0 Å². The van der Waals surface area contributed by atoms with E-state index in [9.17, 15) is 30.3 Å². The van der Waals surface area contributed by atoms with Crippen molar-refractivity contribution in [2.24, 2.45) is 34.5 Å². The highest BCUT2D eigenvalue weighted by molar-refractivity contribution is 5.85. The number of carbonyl (C=O) groups is 1. The van der Waals surface area contributed by atoms with E-state index in [4.69, 9.17) is 14.2 Å². The van der Waals surface area contributed by atoms with Gasteiger partial charge in [-0.25, -0.2) is 4.79 Å². The summed E-state index contributed by atoms with van der Waals surface area (Å²) in [5, 5.41) is 53.9. The van der Waals surface area contributed by atoms with Crippen LogP contribution in [0.5, 0.6) is 0 Å². The molecule has 9 heteroatoms. The number of ether oxygens (including phenoxy) is 3. The van der Waals surface area contributed by atoms with Crippen molar-refractivity contribution in [1.82, 2.24) is 0 Å². The molecular formula is C29H44O9. The summed E-state index contributed by atoms with van der Waals surface area (Å²) in [6, 6.07) is 0. The molecule has 0 aromatic carbocycles. The van der Waals surface area contributed by atoms with Crippen LogP contribution in [0.4, 0.5) is 0 Å². The fraction of sp³-hybridized carbons (Fsp3) is 0.897. The highest BCUT2D eigenvalue weighted by Gasteiger charge is 2.68. The average Bonchev–Trinajstić information content (AvgIpc) is 3.45. The van der Waals surface area contributed by atoms with Crippen LogP contribution in [0, 0.1) is 34.5 Å². The maximum absolute atomic E-state index is 12.4. The Kier molecular flexibility index (Phi) is 6.78. The first-order chi connectivity index (χ1) is 18.0. The largest absolute Gasteiger partial charge is 0.458 e. The maximum Gasteiger partial charge on any atom is 0.331 e. The van der Waals surface area contributed by atoms with Gasteiger partial charge in [0.2, 0.25) is 0 Å². The number of hydrogen-bond donors (Lipinski definition) is 5. The lowest BCUT2D eigenvalue weighted by Gasteiger charge is -2.64. The minimum absolute atomic E-state index is 0.0831. The molecule has 0 spiro atoms. The van der Waals surface area contributed by atoms with Crippen LogP contribution < -0.4 is 0 Å². The summed E-state index contributed by atoms with van der Waals surface area (Å²) >= 11 is 0. The quantitative estimate of drug-likeness (QED) is 0.266. The van der Waals surface area contributed by atoms with Crippen molar-refractivity contribution in [3.8, 4) is 0 Å². The first-order valence-corrected chi connectivity index (χ1v) is 14.6. The molecule has 0 radical (unpaired) electrons. The van der Waals surface area contributed by atoms with Crippen LogP contribution >= 0.6 is 0 Å². The molecule has 2 heterocycles. The van der Waals surface area contributed by atoms with Crippen LogP contribution in [0.1, 0.15) is 71.6 Å². The van der Waals surface area contributed by atoms with Crippen LogP contribution in [-0.2, 0) is 19.0 Å². The van der Waals surface area contributed by atoms with Gasteiger partial charge in [-0.2, -0.15) is 0 Å². The van der Waals surface area contributed by atoms with Gasteiger partial charge in [0.25, 0.3) is 0 Å². The first-order valence-electron chi connectivity index (χ1n) is 14.6. The Bertz CT molecular complexity index is 970. The topological polar surface area (TPSA) is 146 Å². The van der Waals surface area contributed by atoms with Crippen molar-refractivity contribution >= 4 is 5.97 Å². The van der Waals surface area contributed by atoms with Crippen LogP contribution in [-0.4, -0.2) is 87.1 Å². The Morgan fingerprint density at radius 2 is 1.79 bits per heavy atom. The highest BCUT2D eigenvalue weighted by atomic mass is 16.7. The third kappa shape index (κ3) is 3.80.